The number of imide groups is 1. The van der Waals surface area contributed by atoms with Gasteiger partial charge < -0.3 is 4.74 Å². The van der Waals surface area contributed by atoms with E-state index in [9.17, 15) is 14.4 Å². The van der Waals surface area contributed by atoms with Gasteiger partial charge in [0.25, 0.3) is 5.91 Å². The smallest absolute Gasteiger partial charge is 0.354 e. The van der Waals surface area contributed by atoms with Gasteiger partial charge in [-0.3, -0.25) is 15.0 Å². The van der Waals surface area contributed by atoms with Crippen LogP contribution in [0.2, 0.25) is 0 Å². The summed E-state index contributed by atoms with van der Waals surface area (Å²) in [6.07, 6.45) is -0.0370. The maximum Gasteiger partial charge on any atom is 0.354 e. The molecule has 1 atom stereocenters. The molecular weight excluding hydrogens is 370 g/mol. The molecule has 0 bridgehead atoms. The number of benzene rings is 2. The Balaban J connectivity index is 1.48. The predicted octanol–water partition coefficient (Wildman–Crippen LogP) is 2.40. The van der Waals surface area contributed by atoms with Gasteiger partial charge in [0.1, 0.15) is 17.9 Å². The molecule has 2 amide bonds. The van der Waals surface area contributed by atoms with Crippen molar-refractivity contribution in [2.75, 3.05) is 4.90 Å². The number of carbonyl (C=O) groups is 3. The van der Waals surface area contributed by atoms with E-state index in [0.29, 0.717) is 5.69 Å². The van der Waals surface area contributed by atoms with Crippen molar-refractivity contribution in [1.29, 1.82) is 0 Å². The van der Waals surface area contributed by atoms with E-state index in [4.69, 9.17) is 4.74 Å². The summed E-state index contributed by atoms with van der Waals surface area (Å²) >= 11 is 0. The van der Waals surface area contributed by atoms with E-state index in [0.717, 1.165) is 16.7 Å². The molecule has 0 aromatic heterocycles. The van der Waals surface area contributed by atoms with Gasteiger partial charge in [-0.15, -0.1) is 0 Å². The number of anilines is 1. The van der Waals surface area contributed by atoms with E-state index in [1.54, 1.807) is 0 Å². The summed E-state index contributed by atoms with van der Waals surface area (Å²) in [5.41, 5.74) is 4.84. The molecule has 1 saturated heterocycles. The third-order valence-corrected chi connectivity index (χ3v) is 5.24. The van der Waals surface area contributed by atoms with Crippen molar-refractivity contribution >= 4 is 29.2 Å². The van der Waals surface area contributed by atoms with Crippen molar-refractivity contribution in [3.8, 4) is 0 Å². The van der Waals surface area contributed by atoms with Gasteiger partial charge in [0, 0.05) is 6.42 Å². The maximum atomic E-state index is 13.2. The molecule has 1 fully saturated rings. The van der Waals surface area contributed by atoms with E-state index < -0.39 is 17.4 Å². The second-order valence-corrected chi connectivity index (χ2v) is 7.49. The molecule has 1 spiro atoms. The lowest BCUT2D eigenvalue weighted by Gasteiger charge is -2.22. The summed E-state index contributed by atoms with van der Waals surface area (Å²) < 4.78 is 5.30. The van der Waals surface area contributed by atoms with E-state index in [1.165, 1.54) is 4.90 Å². The fourth-order valence-corrected chi connectivity index (χ4v) is 3.63. The standard InChI is InChI=1S/C22H21N3O4/c1-14-8-9-15(2)18(10-14)25-19(26)12-22(21(25)28)11-17(23-24-22)20(27)29-13-16-6-4-3-5-7-16/h3-10,24H,11-13H2,1-2H3. The van der Waals surface area contributed by atoms with Crippen LogP contribution in [0.4, 0.5) is 5.69 Å². The highest BCUT2D eigenvalue weighted by atomic mass is 16.5. The molecule has 7 heteroatoms. The molecule has 0 radical (unpaired) electrons. The largest absolute Gasteiger partial charge is 0.456 e. The average Bonchev–Trinajstić information content (AvgIpc) is 3.24. The van der Waals surface area contributed by atoms with Gasteiger partial charge >= 0.3 is 5.97 Å². The molecule has 0 saturated carbocycles. The van der Waals surface area contributed by atoms with Gasteiger partial charge in [0.2, 0.25) is 5.91 Å². The first-order valence-corrected chi connectivity index (χ1v) is 9.39. The van der Waals surface area contributed by atoms with Crippen molar-refractivity contribution in [3.05, 3.63) is 65.2 Å². The zero-order chi connectivity index (χ0) is 20.6. The van der Waals surface area contributed by atoms with E-state index in [-0.39, 0.29) is 31.1 Å². The molecule has 2 aromatic carbocycles. The molecule has 1 N–H and O–H groups in total. The van der Waals surface area contributed by atoms with Crippen LogP contribution in [0.15, 0.2) is 53.6 Å². The van der Waals surface area contributed by atoms with Crippen LogP contribution >= 0.6 is 0 Å². The normalized spacial score (nSPS) is 20.8. The number of hydrogen-bond donors (Lipinski definition) is 1. The van der Waals surface area contributed by atoms with Crippen LogP contribution in [0.5, 0.6) is 0 Å². The Morgan fingerprint density at radius 1 is 1.14 bits per heavy atom. The van der Waals surface area contributed by atoms with Crippen molar-refractivity contribution in [1.82, 2.24) is 5.43 Å². The summed E-state index contributed by atoms with van der Waals surface area (Å²) in [6.45, 7) is 3.87. The first-order chi connectivity index (χ1) is 13.9. The minimum Gasteiger partial charge on any atom is -0.456 e. The predicted molar refractivity (Wildman–Crippen MR) is 107 cm³/mol. The first-order valence-electron chi connectivity index (χ1n) is 9.39. The van der Waals surface area contributed by atoms with Crippen LogP contribution in [0.25, 0.3) is 0 Å². The Hall–Kier alpha value is -3.48. The zero-order valence-electron chi connectivity index (χ0n) is 16.3. The molecule has 2 aliphatic rings. The number of carbonyl (C=O) groups excluding carboxylic acids is 3. The van der Waals surface area contributed by atoms with E-state index >= 15 is 0 Å². The first kappa shape index (κ1) is 18.9. The van der Waals surface area contributed by atoms with Gasteiger partial charge in [-0.1, -0.05) is 42.5 Å². The van der Waals surface area contributed by atoms with Gasteiger partial charge in [0.15, 0.2) is 0 Å². The summed E-state index contributed by atoms with van der Waals surface area (Å²) in [5, 5.41) is 4.03. The number of nitrogens with zero attached hydrogens (tertiary/aromatic N) is 2. The Morgan fingerprint density at radius 3 is 2.66 bits per heavy atom. The lowest BCUT2D eigenvalue weighted by Crippen LogP contribution is -2.47. The number of esters is 1. The number of aryl methyl sites for hydroxylation is 2. The van der Waals surface area contributed by atoms with Crippen molar-refractivity contribution < 1.29 is 19.1 Å². The van der Waals surface area contributed by atoms with Gasteiger partial charge in [0.05, 0.1) is 12.1 Å². The van der Waals surface area contributed by atoms with E-state index in [2.05, 4.69) is 10.5 Å². The fraction of sp³-hybridized carbons (Fsp3) is 0.273. The number of nitrogens with one attached hydrogen (secondary N) is 1. The molecule has 148 valence electrons. The lowest BCUT2D eigenvalue weighted by molar-refractivity contribution is -0.136. The number of ether oxygens (including phenoxy) is 1. The monoisotopic (exact) mass is 391 g/mol. The second kappa shape index (κ2) is 7.16. The van der Waals surface area contributed by atoms with Crippen LogP contribution < -0.4 is 10.3 Å². The third-order valence-electron chi connectivity index (χ3n) is 5.24. The fourth-order valence-electron chi connectivity index (χ4n) is 3.63. The molecule has 2 aliphatic heterocycles. The minimum atomic E-state index is -1.23. The molecule has 29 heavy (non-hydrogen) atoms. The Labute approximate surface area is 168 Å². The quantitative estimate of drug-likeness (QED) is 0.639. The molecule has 1 unspecified atom stereocenters. The SMILES string of the molecule is Cc1ccc(C)c(N2C(=O)CC3(CC(C(=O)OCc4ccccc4)=NN3)C2=O)c1. The lowest BCUT2D eigenvalue weighted by atomic mass is 9.92. The number of hydrazone groups is 1. The highest BCUT2D eigenvalue weighted by Crippen LogP contribution is 2.36. The van der Waals surface area contributed by atoms with Gasteiger partial charge in [-0.2, -0.15) is 5.10 Å². The summed E-state index contributed by atoms with van der Waals surface area (Å²) in [4.78, 5) is 39.5. The Kier molecular flexibility index (Phi) is 4.66. The molecule has 4 rings (SSSR count). The molecule has 0 aliphatic carbocycles. The van der Waals surface area contributed by atoms with Crippen LogP contribution in [0, 0.1) is 13.8 Å². The highest BCUT2D eigenvalue weighted by molar-refractivity contribution is 6.39. The summed E-state index contributed by atoms with van der Waals surface area (Å²) in [7, 11) is 0. The van der Waals surface area contributed by atoms with Gasteiger partial charge in [-0.05, 0) is 36.6 Å². The maximum absolute atomic E-state index is 13.2. The summed E-state index contributed by atoms with van der Waals surface area (Å²) in [5.74, 6) is -1.31. The minimum absolute atomic E-state index is 0.0204. The Morgan fingerprint density at radius 2 is 1.90 bits per heavy atom. The molecule has 2 aromatic rings. The third kappa shape index (κ3) is 3.40. The number of amides is 2. The number of rotatable bonds is 4. The molecular formula is C22H21N3O4. The topological polar surface area (TPSA) is 88.1 Å². The van der Waals surface area contributed by atoms with Crippen molar-refractivity contribution in [2.24, 2.45) is 5.10 Å². The zero-order valence-corrected chi connectivity index (χ0v) is 16.3. The van der Waals surface area contributed by atoms with Crippen molar-refractivity contribution in [3.63, 3.8) is 0 Å². The van der Waals surface area contributed by atoms with Gasteiger partial charge in [-0.25, -0.2) is 9.69 Å². The van der Waals surface area contributed by atoms with Crippen molar-refractivity contribution in [2.45, 2.75) is 38.8 Å². The average molecular weight is 391 g/mol. The van der Waals surface area contributed by atoms with Crippen LogP contribution in [0.3, 0.4) is 0 Å². The number of hydrogen-bond acceptors (Lipinski definition) is 6. The molecule has 2 heterocycles. The summed E-state index contributed by atoms with van der Waals surface area (Å²) in [6, 6.07) is 14.9. The van der Waals surface area contributed by atoms with Crippen LogP contribution in [-0.4, -0.2) is 29.0 Å². The van der Waals surface area contributed by atoms with E-state index in [1.807, 2.05) is 62.4 Å². The highest BCUT2D eigenvalue weighted by Gasteiger charge is 2.56. The second-order valence-electron chi connectivity index (χ2n) is 7.49. The molecule has 7 nitrogen and oxygen atoms in total. The van der Waals surface area contributed by atoms with Crippen LogP contribution in [-0.2, 0) is 25.7 Å². The van der Waals surface area contributed by atoms with Crippen LogP contribution in [0.1, 0.15) is 29.5 Å². The Bertz CT molecular complexity index is 1030.